The summed E-state index contributed by atoms with van der Waals surface area (Å²) in [7, 11) is 0. The lowest BCUT2D eigenvalue weighted by Gasteiger charge is -2.39. The van der Waals surface area contributed by atoms with Crippen molar-refractivity contribution in [3.05, 3.63) is 23.8 Å². The lowest BCUT2D eigenvalue weighted by atomic mass is 9.80. The van der Waals surface area contributed by atoms with Crippen LogP contribution in [-0.2, 0) is 4.74 Å². The Morgan fingerprint density at radius 2 is 2.07 bits per heavy atom. The minimum absolute atomic E-state index is 0.206. The highest BCUT2D eigenvalue weighted by Gasteiger charge is 2.34. The highest BCUT2D eigenvalue weighted by Crippen LogP contribution is 2.38. The van der Waals surface area contributed by atoms with Gasteiger partial charge in [0.05, 0.1) is 12.2 Å². The molecular formula is C13H20O. The summed E-state index contributed by atoms with van der Waals surface area (Å²) in [4.78, 5) is 0. The van der Waals surface area contributed by atoms with Crippen molar-refractivity contribution >= 4 is 0 Å². The third-order valence-corrected chi connectivity index (χ3v) is 3.57. The molecule has 1 heterocycles. The Hall–Kier alpha value is -0.560. The van der Waals surface area contributed by atoms with E-state index in [0.29, 0.717) is 0 Å². The summed E-state index contributed by atoms with van der Waals surface area (Å²) < 4.78 is 6.05. The van der Waals surface area contributed by atoms with Crippen molar-refractivity contribution < 1.29 is 4.74 Å². The predicted octanol–water partition coefficient (Wildman–Crippen LogP) is 3.61. The second kappa shape index (κ2) is 3.90. The van der Waals surface area contributed by atoms with Crippen LogP contribution >= 0.6 is 0 Å². The molecule has 1 heteroatoms. The van der Waals surface area contributed by atoms with E-state index in [1.54, 1.807) is 0 Å². The van der Waals surface area contributed by atoms with Gasteiger partial charge in [-0.15, -0.1) is 0 Å². The second-order valence-corrected chi connectivity index (χ2v) is 4.75. The SMILES string of the molecule is C=C(C)C1=CCC2(CCCCC2)OC1. The van der Waals surface area contributed by atoms with Gasteiger partial charge in [-0.25, -0.2) is 0 Å². The molecule has 1 fully saturated rings. The van der Waals surface area contributed by atoms with Crippen LogP contribution in [0, 0.1) is 0 Å². The monoisotopic (exact) mass is 192 g/mol. The lowest BCUT2D eigenvalue weighted by molar-refractivity contribution is -0.0647. The molecule has 1 aliphatic heterocycles. The molecule has 0 atom stereocenters. The van der Waals surface area contributed by atoms with Crippen LogP contribution in [0.25, 0.3) is 0 Å². The standard InChI is InChI=1S/C13H20O/c1-11(2)12-6-9-13(14-10-12)7-4-3-5-8-13/h6H,1,3-5,7-10H2,2H3. The van der Waals surface area contributed by atoms with Crippen LogP contribution in [0.2, 0.25) is 0 Å². The maximum atomic E-state index is 6.05. The van der Waals surface area contributed by atoms with Gasteiger partial charge < -0.3 is 4.74 Å². The molecule has 1 saturated carbocycles. The zero-order chi connectivity index (χ0) is 10.0. The van der Waals surface area contributed by atoms with Crippen LogP contribution in [0.1, 0.15) is 45.4 Å². The fourth-order valence-electron chi connectivity index (χ4n) is 2.50. The molecule has 0 radical (unpaired) electrons. The van der Waals surface area contributed by atoms with E-state index >= 15 is 0 Å². The predicted molar refractivity (Wildman–Crippen MR) is 59.3 cm³/mol. The van der Waals surface area contributed by atoms with E-state index in [2.05, 4.69) is 19.6 Å². The fraction of sp³-hybridized carbons (Fsp3) is 0.692. The van der Waals surface area contributed by atoms with Crippen molar-refractivity contribution in [2.24, 2.45) is 0 Å². The van der Waals surface area contributed by atoms with Crippen molar-refractivity contribution in [2.75, 3.05) is 6.61 Å². The van der Waals surface area contributed by atoms with E-state index in [0.717, 1.165) is 18.6 Å². The third kappa shape index (κ3) is 1.93. The lowest BCUT2D eigenvalue weighted by Crippen LogP contribution is -2.37. The van der Waals surface area contributed by atoms with Crippen LogP contribution in [0.3, 0.4) is 0 Å². The molecule has 0 unspecified atom stereocenters. The van der Waals surface area contributed by atoms with Gasteiger partial charge in [0.2, 0.25) is 0 Å². The van der Waals surface area contributed by atoms with Gasteiger partial charge in [0.1, 0.15) is 0 Å². The summed E-state index contributed by atoms with van der Waals surface area (Å²) in [6.45, 7) is 6.81. The summed E-state index contributed by atoms with van der Waals surface area (Å²) >= 11 is 0. The van der Waals surface area contributed by atoms with Crippen LogP contribution < -0.4 is 0 Å². The topological polar surface area (TPSA) is 9.23 Å². The third-order valence-electron chi connectivity index (χ3n) is 3.57. The smallest absolute Gasteiger partial charge is 0.0723 e. The van der Waals surface area contributed by atoms with E-state index < -0.39 is 0 Å². The summed E-state index contributed by atoms with van der Waals surface area (Å²) in [6.07, 6.45) is 10.0. The van der Waals surface area contributed by atoms with Crippen LogP contribution in [0.15, 0.2) is 23.8 Å². The molecule has 2 aliphatic rings. The van der Waals surface area contributed by atoms with Crippen molar-refractivity contribution in [2.45, 2.75) is 51.0 Å². The van der Waals surface area contributed by atoms with Gasteiger partial charge in [-0.1, -0.05) is 37.5 Å². The molecular weight excluding hydrogens is 172 g/mol. The molecule has 14 heavy (non-hydrogen) atoms. The molecule has 1 spiro atoms. The van der Waals surface area contributed by atoms with Gasteiger partial charge >= 0.3 is 0 Å². The average Bonchev–Trinajstić information content (AvgIpc) is 2.19. The molecule has 0 saturated heterocycles. The first kappa shape index (κ1) is 9.97. The Morgan fingerprint density at radius 1 is 1.36 bits per heavy atom. The van der Waals surface area contributed by atoms with Gasteiger partial charge in [0.15, 0.2) is 0 Å². The van der Waals surface area contributed by atoms with Gasteiger partial charge in [0, 0.05) is 0 Å². The molecule has 1 nitrogen and oxygen atoms in total. The fourth-order valence-corrected chi connectivity index (χ4v) is 2.50. The van der Waals surface area contributed by atoms with Gasteiger partial charge in [-0.05, 0) is 31.8 Å². The highest BCUT2D eigenvalue weighted by atomic mass is 16.5. The van der Waals surface area contributed by atoms with Gasteiger partial charge in [-0.2, -0.15) is 0 Å². The van der Waals surface area contributed by atoms with Gasteiger partial charge in [-0.3, -0.25) is 0 Å². The zero-order valence-electron chi connectivity index (χ0n) is 9.14. The van der Waals surface area contributed by atoms with Gasteiger partial charge in [0.25, 0.3) is 0 Å². The van der Waals surface area contributed by atoms with Crippen LogP contribution in [-0.4, -0.2) is 12.2 Å². The Kier molecular flexibility index (Phi) is 2.78. The molecule has 2 rings (SSSR count). The van der Waals surface area contributed by atoms with Crippen molar-refractivity contribution in [3.63, 3.8) is 0 Å². The minimum atomic E-state index is 0.206. The maximum Gasteiger partial charge on any atom is 0.0723 e. The quantitative estimate of drug-likeness (QED) is 0.616. The van der Waals surface area contributed by atoms with E-state index in [1.165, 1.54) is 37.7 Å². The average molecular weight is 192 g/mol. The second-order valence-electron chi connectivity index (χ2n) is 4.75. The Labute approximate surface area is 86.8 Å². The molecule has 0 bridgehead atoms. The Morgan fingerprint density at radius 3 is 2.57 bits per heavy atom. The summed E-state index contributed by atoms with van der Waals surface area (Å²) in [5, 5.41) is 0. The zero-order valence-corrected chi connectivity index (χ0v) is 9.14. The number of ether oxygens (including phenoxy) is 1. The Balaban J connectivity index is 2.03. The maximum absolute atomic E-state index is 6.05. The molecule has 0 amide bonds. The van der Waals surface area contributed by atoms with E-state index in [4.69, 9.17) is 4.74 Å². The number of rotatable bonds is 1. The molecule has 1 aliphatic carbocycles. The molecule has 0 aromatic heterocycles. The number of hydrogen-bond acceptors (Lipinski definition) is 1. The Bertz CT molecular complexity index is 256. The van der Waals surface area contributed by atoms with Crippen molar-refractivity contribution in [1.29, 1.82) is 0 Å². The minimum Gasteiger partial charge on any atom is -0.370 e. The summed E-state index contributed by atoms with van der Waals surface area (Å²) in [6, 6.07) is 0. The molecule has 0 N–H and O–H groups in total. The highest BCUT2D eigenvalue weighted by molar-refractivity contribution is 5.29. The first-order chi connectivity index (χ1) is 6.72. The molecule has 78 valence electrons. The van der Waals surface area contributed by atoms with E-state index in [9.17, 15) is 0 Å². The van der Waals surface area contributed by atoms with E-state index in [1.807, 2.05) is 0 Å². The van der Waals surface area contributed by atoms with Crippen LogP contribution in [0.5, 0.6) is 0 Å². The number of hydrogen-bond donors (Lipinski definition) is 0. The summed E-state index contributed by atoms with van der Waals surface area (Å²) in [5.41, 5.74) is 2.67. The first-order valence-corrected chi connectivity index (χ1v) is 5.71. The van der Waals surface area contributed by atoms with E-state index in [-0.39, 0.29) is 5.60 Å². The van der Waals surface area contributed by atoms with Crippen molar-refractivity contribution in [1.82, 2.24) is 0 Å². The molecule has 0 aromatic rings. The largest absolute Gasteiger partial charge is 0.370 e. The first-order valence-electron chi connectivity index (χ1n) is 5.71. The normalized spacial score (nSPS) is 25.9. The summed E-state index contributed by atoms with van der Waals surface area (Å²) in [5.74, 6) is 0. The van der Waals surface area contributed by atoms with Crippen LogP contribution in [0.4, 0.5) is 0 Å². The molecule has 0 aromatic carbocycles. The van der Waals surface area contributed by atoms with Crippen molar-refractivity contribution in [3.8, 4) is 0 Å².